The highest BCUT2D eigenvalue weighted by molar-refractivity contribution is 5.84. The molecule has 29 heavy (non-hydrogen) atoms. The number of hydrogen-bond donors (Lipinski definition) is 1. The van der Waals surface area contributed by atoms with Gasteiger partial charge in [0.05, 0.1) is 13.7 Å². The number of aromatic nitrogens is 1. The number of methoxy groups -OCH3 is 1. The highest BCUT2D eigenvalue weighted by atomic mass is 16.5. The summed E-state index contributed by atoms with van der Waals surface area (Å²) in [4.78, 5) is 6.66. The van der Waals surface area contributed by atoms with Crippen molar-refractivity contribution in [1.29, 1.82) is 0 Å². The van der Waals surface area contributed by atoms with Crippen molar-refractivity contribution in [3.8, 4) is 5.75 Å². The fourth-order valence-electron chi connectivity index (χ4n) is 3.79. The third-order valence-corrected chi connectivity index (χ3v) is 5.66. The Kier molecular flexibility index (Phi) is 5.69. The van der Waals surface area contributed by atoms with Crippen molar-refractivity contribution in [2.24, 2.45) is 10.7 Å². The van der Waals surface area contributed by atoms with Gasteiger partial charge in [-0.25, -0.2) is 4.99 Å². The van der Waals surface area contributed by atoms with Crippen molar-refractivity contribution in [2.45, 2.75) is 38.6 Å². The largest absolute Gasteiger partial charge is 0.497 e. The molecule has 2 N–H and O–H groups in total. The monoisotopic (exact) mass is 392 g/mol. The van der Waals surface area contributed by atoms with Gasteiger partial charge in [-0.3, -0.25) is 0 Å². The summed E-state index contributed by atoms with van der Waals surface area (Å²) in [5.41, 5.74) is 8.12. The lowest BCUT2D eigenvalue weighted by molar-refractivity contribution is 0.337. The highest BCUT2D eigenvalue weighted by Gasteiger charge is 2.16. The first-order valence-corrected chi connectivity index (χ1v) is 10.2. The number of nitrogens with two attached hydrogens (primary N) is 1. The van der Waals surface area contributed by atoms with Crippen molar-refractivity contribution in [1.82, 2.24) is 10.1 Å². The normalized spacial score (nSPS) is 16.2. The average Bonchev–Trinajstić information content (AvgIpc) is 3.26. The number of piperidine rings is 1. The molecule has 0 aliphatic carbocycles. The first-order chi connectivity index (χ1) is 14.1. The molecule has 1 aromatic heterocycles. The Hall–Kier alpha value is -3.02. The Labute approximate surface area is 171 Å². The Morgan fingerprint density at radius 1 is 1.14 bits per heavy atom. The number of likely N-dealkylation sites (tertiary alicyclic amines) is 1. The zero-order valence-corrected chi connectivity index (χ0v) is 17.1. The second-order valence-corrected chi connectivity index (χ2v) is 7.64. The molecule has 6 nitrogen and oxygen atoms in total. The molecule has 1 unspecified atom stereocenters. The SMILES string of the molecule is COc1ccc2cc(C(C)c3cc(CN=C(N)N4CCCCC4)no3)ccc2c1. The third kappa shape index (κ3) is 4.36. The van der Waals surface area contributed by atoms with Crippen LogP contribution in [0.1, 0.15) is 49.1 Å². The Morgan fingerprint density at radius 3 is 2.69 bits per heavy atom. The molecule has 6 heteroatoms. The van der Waals surface area contributed by atoms with Crippen LogP contribution in [0.2, 0.25) is 0 Å². The molecular weight excluding hydrogens is 364 g/mol. The van der Waals surface area contributed by atoms with E-state index < -0.39 is 0 Å². The van der Waals surface area contributed by atoms with Crippen molar-refractivity contribution >= 4 is 16.7 Å². The number of nitrogens with zero attached hydrogens (tertiary/aromatic N) is 3. The maximum atomic E-state index is 6.14. The predicted molar refractivity (Wildman–Crippen MR) is 115 cm³/mol. The van der Waals surface area contributed by atoms with E-state index in [0.717, 1.165) is 35.7 Å². The van der Waals surface area contributed by atoms with E-state index in [1.165, 1.54) is 30.2 Å². The molecule has 1 aliphatic rings. The summed E-state index contributed by atoms with van der Waals surface area (Å²) in [6.45, 7) is 4.55. The van der Waals surface area contributed by atoms with Crippen LogP contribution >= 0.6 is 0 Å². The lowest BCUT2D eigenvalue weighted by Crippen LogP contribution is -2.40. The van der Waals surface area contributed by atoms with E-state index in [1.807, 2.05) is 18.2 Å². The van der Waals surface area contributed by atoms with Gasteiger partial charge in [0, 0.05) is 25.1 Å². The van der Waals surface area contributed by atoms with Crippen LogP contribution in [0.15, 0.2) is 52.0 Å². The molecule has 1 fully saturated rings. The molecule has 152 valence electrons. The first-order valence-electron chi connectivity index (χ1n) is 10.2. The van der Waals surface area contributed by atoms with Crippen LogP contribution in [0, 0.1) is 0 Å². The molecule has 0 bridgehead atoms. The summed E-state index contributed by atoms with van der Waals surface area (Å²) in [6.07, 6.45) is 3.64. The summed E-state index contributed by atoms with van der Waals surface area (Å²) >= 11 is 0. The molecule has 1 atom stereocenters. The van der Waals surface area contributed by atoms with Crippen LogP contribution in [0.4, 0.5) is 0 Å². The highest BCUT2D eigenvalue weighted by Crippen LogP contribution is 2.29. The van der Waals surface area contributed by atoms with Crippen molar-refractivity contribution in [3.05, 3.63) is 59.5 Å². The van der Waals surface area contributed by atoms with Gasteiger partial charge in [0.1, 0.15) is 17.2 Å². The lowest BCUT2D eigenvalue weighted by atomic mass is 9.95. The molecular formula is C23H28N4O2. The van der Waals surface area contributed by atoms with Gasteiger partial charge >= 0.3 is 0 Å². The first kappa shape index (κ1) is 19.3. The van der Waals surface area contributed by atoms with Gasteiger partial charge in [0.2, 0.25) is 0 Å². The molecule has 0 saturated carbocycles. The summed E-state index contributed by atoms with van der Waals surface area (Å²) in [6, 6.07) is 14.5. The molecule has 4 rings (SSSR count). The maximum absolute atomic E-state index is 6.14. The van der Waals surface area contributed by atoms with Crippen molar-refractivity contribution in [3.63, 3.8) is 0 Å². The number of guanidine groups is 1. The fourth-order valence-corrected chi connectivity index (χ4v) is 3.79. The van der Waals surface area contributed by atoms with Crippen LogP contribution in [0.3, 0.4) is 0 Å². The fraction of sp³-hybridized carbons (Fsp3) is 0.391. The third-order valence-electron chi connectivity index (χ3n) is 5.66. The van der Waals surface area contributed by atoms with Crippen LogP contribution in [-0.2, 0) is 6.54 Å². The Balaban J connectivity index is 1.46. The number of benzene rings is 2. The molecule has 0 spiro atoms. The molecule has 0 radical (unpaired) electrons. The summed E-state index contributed by atoms with van der Waals surface area (Å²) in [7, 11) is 1.68. The van der Waals surface area contributed by atoms with E-state index in [1.54, 1.807) is 7.11 Å². The van der Waals surface area contributed by atoms with Crippen LogP contribution in [0.25, 0.3) is 10.8 Å². The van der Waals surface area contributed by atoms with E-state index in [9.17, 15) is 0 Å². The number of hydrogen-bond acceptors (Lipinski definition) is 4. The van der Waals surface area contributed by atoms with Gasteiger partial charge < -0.3 is 19.9 Å². The van der Waals surface area contributed by atoms with E-state index >= 15 is 0 Å². The molecule has 2 heterocycles. The van der Waals surface area contributed by atoms with E-state index in [2.05, 4.69) is 46.2 Å². The minimum atomic E-state index is 0.103. The lowest BCUT2D eigenvalue weighted by Gasteiger charge is -2.27. The average molecular weight is 393 g/mol. The Bertz CT molecular complexity index is 1010. The van der Waals surface area contributed by atoms with E-state index in [4.69, 9.17) is 15.0 Å². The van der Waals surface area contributed by atoms with Gasteiger partial charge in [-0.05, 0) is 47.7 Å². The maximum Gasteiger partial charge on any atom is 0.191 e. The van der Waals surface area contributed by atoms with Gasteiger partial charge in [0.15, 0.2) is 5.96 Å². The molecule has 1 saturated heterocycles. The minimum absolute atomic E-state index is 0.103. The number of rotatable bonds is 5. The van der Waals surface area contributed by atoms with E-state index in [0.29, 0.717) is 12.5 Å². The number of ether oxygens (including phenoxy) is 1. The molecule has 0 amide bonds. The van der Waals surface area contributed by atoms with Crippen molar-refractivity contribution in [2.75, 3.05) is 20.2 Å². The van der Waals surface area contributed by atoms with E-state index in [-0.39, 0.29) is 5.92 Å². The molecule has 2 aromatic carbocycles. The van der Waals surface area contributed by atoms with Crippen LogP contribution in [-0.4, -0.2) is 36.2 Å². The van der Waals surface area contributed by atoms with Crippen LogP contribution in [0.5, 0.6) is 5.75 Å². The van der Waals surface area contributed by atoms with Crippen LogP contribution < -0.4 is 10.5 Å². The number of fused-ring (bicyclic) bond motifs is 1. The summed E-state index contributed by atoms with van der Waals surface area (Å²) < 4.78 is 10.9. The second kappa shape index (κ2) is 8.55. The quantitative estimate of drug-likeness (QED) is 0.518. The molecule has 1 aliphatic heterocycles. The van der Waals surface area contributed by atoms with Gasteiger partial charge in [-0.15, -0.1) is 0 Å². The second-order valence-electron chi connectivity index (χ2n) is 7.64. The molecule has 3 aromatic rings. The predicted octanol–water partition coefficient (Wildman–Crippen LogP) is 4.29. The Morgan fingerprint density at radius 2 is 1.90 bits per heavy atom. The zero-order chi connectivity index (χ0) is 20.2. The van der Waals surface area contributed by atoms with Gasteiger partial charge in [0.25, 0.3) is 0 Å². The van der Waals surface area contributed by atoms with Gasteiger partial charge in [-0.1, -0.05) is 36.3 Å². The smallest absolute Gasteiger partial charge is 0.191 e. The standard InChI is InChI=1S/C23H28N4O2/c1-16(17-6-7-19-13-21(28-2)9-8-18(19)12-17)22-14-20(26-29-22)15-25-23(24)27-10-4-3-5-11-27/h6-9,12-14,16H,3-5,10-11,15H2,1-2H3,(H2,24,25). The van der Waals surface area contributed by atoms with Crippen molar-refractivity contribution < 1.29 is 9.26 Å². The van der Waals surface area contributed by atoms with Gasteiger partial charge in [-0.2, -0.15) is 0 Å². The zero-order valence-electron chi connectivity index (χ0n) is 17.1. The minimum Gasteiger partial charge on any atom is -0.497 e. The number of aliphatic imine (C=N–C) groups is 1. The summed E-state index contributed by atoms with van der Waals surface area (Å²) in [5, 5.41) is 6.52. The topological polar surface area (TPSA) is 76.9 Å². The summed E-state index contributed by atoms with van der Waals surface area (Å²) in [5.74, 6) is 2.40.